The molecule has 1 N–H and O–H groups in total. The zero-order valence-corrected chi connectivity index (χ0v) is 23.4. The summed E-state index contributed by atoms with van der Waals surface area (Å²) in [5.41, 5.74) is 4.70. The van der Waals surface area contributed by atoms with Gasteiger partial charge in [-0.05, 0) is 47.9 Å². The number of piperidine rings is 2. The highest BCUT2D eigenvalue weighted by Crippen LogP contribution is 2.44. The molecular formula is C28H29N5O8S. The smallest absolute Gasteiger partial charge is 0.418 e. The quantitative estimate of drug-likeness (QED) is 0.415. The number of ether oxygens (including phenoxy) is 1. The zero-order valence-electron chi connectivity index (χ0n) is 22.5. The van der Waals surface area contributed by atoms with Crippen molar-refractivity contribution in [3.05, 3.63) is 71.4 Å². The van der Waals surface area contributed by atoms with Crippen molar-refractivity contribution in [2.75, 3.05) is 26.2 Å². The lowest BCUT2D eigenvalue weighted by molar-refractivity contribution is -0.0317. The Morgan fingerprint density at radius 3 is 2.33 bits per heavy atom. The molecule has 3 amide bonds. The Morgan fingerprint density at radius 2 is 1.67 bits per heavy atom. The Balaban J connectivity index is 0.948. The van der Waals surface area contributed by atoms with Gasteiger partial charge in [0.1, 0.15) is 12.6 Å². The number of nitrogens with zero attached hydrogens (tertiary/aromatic N) is 5. The maximum atomic E-state index is 13.0. The van der Waals surface area contributed by atoms with Crippen LogP contribution in [0, 0.1) is 0 Å². The van der Waals surface area contributed by atoms with Crippen LogP contribution in [-0.4, -0.2) is 82.4 Å². The number of hydrogen-bond donors (Lipinski definition) is 1. The van der Waals surface area contributed by atoms with Crippen molar-refractivity contribution in [1.29, 1.82) is 0 Å². The zero-order chi connectivity index (χ0) is 29.0. The summed E-state index contributed by atoms with van der Waals surface area (Å²) in [6.07, 6.45) is 1.84. The average molecular weight is 596 g/mol. The van der Waals surface area contributed by atoms with Crippen molar-refractivity contribution < 1.29 is 36.1 Å². The first-order valence-electron chi connectivity index (χ1n) is 14.0. The number of fused-ring (bicyclic) bond motifs is 5. The lowest BCUT2D eigenvalue weighted by Crippen LogP contribution is -2.39. The molecule has 2 atom stereocenters. The monoisotopic (exact) mass is 595 g/mol. The van der Waals surface area contributed by atoms with Gasteiger partial charge in [-0.15, -0.1) is 4.28 Å². The van der Waals surface area contributed by atoms with E-state index >= 15 is 0 Å². The van der Waals surface area contributed by atoms with Crippen molar-refractivity contribution in [1.82, 2.24) is 25.0 Å². The van der Waals surface area contributed by atoms with E-state index in [4.69, 9.17) is 13.8 Å². The van der Waals surface area contributed by atoms with Crippen molar-refractivity contribution >= 4 is 22.5 Å². The third kappa shape index (κ3) is 4.78. The van der Waals surface area contributed by atoms with Gasteiger partial charge in [0.2, 0.25) is 5.89 Å². The van der Waals surface area contributed by atoms with Crippen LogP contribution in [0.2, 0.25) is 0 Å². The molecule has 7 rings (SSSR count). The van der Waals surface area contributed by atoms with E-state index in [1.165, 1.54) is 27.2 Å². The fraction of sp³-hybridized carbons (Fsp3) is 0.429. The highest BCUT2D eigenvalue weighted by molar-refractivity contribution is 7.80. The maximum absolute atomic E-state index is 13.0. The van der Waals surface area contributed by atoms with Crippen LogP contribution in [-0.2, 0) is 19.4 Å². The molecule has 0 unspecified atom stereocenters. The number of hydroxylamine groups is 2. The van der Waals surface area contributed by atoms with E-state index in [1.807, 2.05) is 24.3 Å². The van der Waals surface area contributed by atoms with Crippen molar-refractivity contribution in [2.24, 2.45) is 0 Å². The van der Waals surface area contributed by atoms with Gasteiger partial charge in [-0.25, -0.2) is 9.59 Å². The fourth-order valence-corrected chi connectivity index (χ4v) is 7.03. The Labute approximate surface area is 241 Å². The Bertz CT molecular complexity index is 1590. The average Bonchev–Trinajstić information content (AvgIpc) is 3.67. The molecule has 4 heterocycles. The summed E-state index contributed by atoms with van der Waals surface area (Å²) in [5, 5.41) is 4.85. The molecule has 3 aliphatic heterocycles. The molecule has 13 nitrogen and oxygen atoms in total. The third-order valence-electron chi connectivity index (χ3n) is 8.69. The predicted molar refractivity (Wildman–Crippen MR) is 145 cm³/mol. The number of rotatable bonds is 6. The summed E-state index contributed by atoms with van der Waals surface area (Å²) < 4.78 is 47.1. The van der Waals surface area contributed by atoms with Crippen molar-refractivity contribution in [2.45, 2.75) is 49.6 Å². The second-order valence-electron chi connectivity index (χ2n) is 11.1. The molecule has 1 aromatic heterocycles. The van der Waals surface area contributed by atoms with Crippen LogP contribution in [0.1, 0.15) is 66.4 Å². The molecule has 14 heteroatoms. The van der Waals surface area contributed by atoms with Gasteiger partial charge in [0.05, 0.1) is 6.04 Å². The molecule has 4 aliphatic rings. The molecule has 3 fully saturated rings. The minimum absolute atomic E-state index is 0.000814. The summed E-state index contributed by atoms with van der Waals surface area (Å²) in [4.78, 5) is 33.4. The second-order valence-corrected chi connectivity index (χ2v) is 12.1. The summed E-state index contributed by atoms with van der Waals surface area (Å²) >= 11 is 0. The molecule has 2 bridgehead atoms. The van der Waals surface area contributed by atoms with Gasteiger partial charge in [-0.1, -0.05) is 53.7 Å². The van der Waals surface area contributed by atoms with E-state index < -0.39 is 28.5 Å². The van der Waals surface area contributed by atoms with Crippen LogP contribution in [0.4, 0.5) is 9.59 Å². The molecule has 1 aliphatic carbocycles. The summed E-state index contributed by atoms with van der Waals surface area (Å²) in [6.45, 7) is 1.46. The first-order valence-corrected chi connectivity index (χ1v) is 15.3. The normalized spacial score (nSPS) is 22.4. The minimum Gasteiger partial charge on any atom is -0.448 e. The van der Waals surface area contributed by atoms with Gasteiger partial charge in [0.15, 0.2) is 5.82 Å². The minimum atomic E-state index is -4.82. The first kappa shape index (κ1) is 26.9. The van der Waals surface area contributed by atoms with Crippen LogP contribution >= 0.6 is 0 Å². The van der Waals surface area contributed by atoms with E-state index in [9.17, 15) is 18.0 Å². The number of carbonyl (C=O) groups is 2. The molecule has 3 aromatic rings. The molecule has 0 spiro atoms. The number of likely N-dealkylation sites (tertiary alicyclic amines) is 1. The van der Waals surface area contributed by atoms with E-state index in [2.05, 4.69) is 38.7 Å². The third-order valence-corrected chi connectivity index (χ3v) is 9.04. The van der Waals surface area contributed by atoms with Crippen LogP contribution in [0.25, 0.3) is 11.1 Å². The van der Waals surface area contributed by atoms with E-state index in [1.54, 1.807) is 4.90 Å². The SMILES string of the molecule is O=C(OCC1c2ccccc2-c2ccccc21)N1CCC(c2noc([C@@H]3CC[C@@H]4CN3C(=O)N4OS(=O)(=O)O)n2)CC1. The van der Waals surface area contributed by atoms with Crippen LogP contribution in [0.3, 0.4) is 0 Å². The topological polar surface area (TPSA) is 156 Å². The Morgan fingerprint density at radius 1 is 1.00 bits per heavy atom. The van der Waals surface area contributed by atoms with E-state index in [0.717, 1.165) is 0 Å². The summed E-state index contributed by atoms with van der Waals surface area (Å²) in [6, 6.07) is 14.7. The predicted octanol–water partition coefficient (Wildman–Crippen LogP) is 3.87. The molecule has 0 radical (unpaired) electrons. The van der Waals surface area contributed by atoms with Crippen LogP contribution < -0.4 is 0 Å². The van der Waals surface area contributed by atoms with Crippen LogP contribution in [0.15, 0.2) is 53.1 Å². The lowest BCUT2D eigenvalue weighted by atomic mass is 9.96. The number of urea groups is 1. The molecular weight excluding hydrogens is 566 g/mol. The summed E-state index contributed by atoms with van der Waals surface area (Å²) in [7, 11) is -4.82. The number of amides is 3. The summed E-state index contributed by atoms with van der Waals surface area (Å²) in [5.74, 6) is 0.757. The molecule has 2 aromatic carbocycles. The first-order chi connectivity index (χ1) is 20.3. The number of benzene rings is 2. The van der Waals surface area contributed by atoms with Crippen LogP contribution in [0.5, 0.6) is 0 Å². The van der Waals surface area contributed by atoms with E-state index in [0.29, 0.717) is 49.7 Å². The fourth-order valence-electron chi connectivity index (χ4n) is 6.64. The van der Waals surface area contributed by atoms with Crippen molar-refractivity contribution in [3.63, 3.8) is 0 Å². The Hall–Kier alpha value is -4.01. The standard InChI is InChI=1S/C28H29N5O8S/c34-27-32-15-18(33(27)41-42(36,37)38)9-10-24(32)26-29-25(30-40-26)17-11-13-31(14-12-17)28(35)39-16-23-21-7-3-1-5-19(21)20-6-2-4-8-22(20)23/h1-8,17-18,23-24H,9-16H2,(H,36,37,38)/t18-,24+/m1/s1. The largest absolute Gasteiger partial charge is 0.448 e. The van der Waals surface area contributed by atoms with Gasteiger partial charge >= 0.3 is 22.5 Å². The second kappa shape index (κ2) is 10.4. The maximum Gasteiger partial charge on any atom is 0.418 e. The Kier molecular flexibility index (Phi) is 6.63. The van der Waals surface area contributed by atoms with Gasteiger partial charge in [0.25, 0.3) is 0 Å². The molecule has 0 saturated carbocycles. The number of hydrogen-bond acceptors (Lipinski definition) is 9. The van der Waals surface area contributed by atoms with Gasteiger partial charge in [-0.3, -0.25) is 4.55 Å². The highest BCUT2D eigenvalue weighted by Gasteiger charge is 2.49. The van der Waals surface area contributed by atoms with Gasteiger partial charge in [0, 0.05) is 31.5 Å². The van der Waals surface area contributed by atoms with Gasteiger partial charge < -0.3 is 19.1 Å². The molecule has 3 saturated heterocycles. The lowest BCUT2D eigenvalue weighted by Gasteiger charge is -2.30. The highest BCUT2D eigenvalue weighted by atomic mass is 32.3. The molecule has 220 valence electrons. The van der Waals surface area contributed by atoms with Crippen molar-refractivity contribution in [3.8, 4) is 11.1 Å². The van der Waals surface area contributed by atoms with E-state index in [-0.39, 0.29) is 37.0 Å². The number of aromatic nitrogens is 2. The molecule has 42 heavy (non-hydrogen) atoms. The van der Waals surface area contributed by atoms with Gasteiger partial charge in [-0.2, -0.15) is 18.5 Å². The number of carbonyl (C=O) groups excluding carboxylic acids is 2.